The van der Waals surface area contributed by atoms with E-state index in [0.717, 1.165) is 81.7 Å². The second-order valence-electron chi connectivity index (χ2n) is 9.66. The smallest absolute Gasteiger partial charge is 0.227 e. The van der Waals surface area contributed by atoms with Crippen LogP contribution in [0, 0.1) is 6.92 Å². The molecule has 2 aliphatic heterocycles. The van der Waals surface area contributed by atoms with Crippen LogP contribution >= 0.6 is 11.8 Å². The number of piperidine rings is 1. The van der Waals surface area contributed by atoms with E-state index in [1.54, 1.807) is 23.3 Å². The number of aryl methyl sites for hydroxylation is 1. The minimum absolute atomic E-state index is 0.0548. The first kappa shape index (κ1) is 24.4. The molecule has 0 N–H and O–H groups in total. The lowest BCUT2D eigenvalue weighted by Gasteiger charge is -2.33. The van der Waals surface area contributed by atoms with Crippen LogP contribution in [0.4, 0.5) is 0 Å². The van der Waals surface area contributed by atoms with Crippen LogP contribution in [-0.2, 0) is 11.3 Å². The Morgan fingerprint density at radius 3 is 2.83 bits per heavy atom. The Hall–Kier alpha value is -2.26. The monoisotopic (exact) mass is 493 g/mol. The van der Waals surface area contributed by atoms with Gasteiger partial charge in [0, 0.05) is 69.1 Å². The molecule has 2 aromatic heterocycles. The van der Waals surface area contributed by atoms with Gasteiger partial charge in [0.15, 0.2) is 5.16 Å². The Bertz CT molecular complexity index is 1170. The highest BCUT2D eigenvalue weighted by Crippen LogP contribution is 2.31. The summed E-state index contributed by atoms with van der Waals surface area (Å²) in [7, 11) is 0. The van der Waals surface area contributed by atoms with Crippen molar-refractivity contribution in [2.45, 2.75) is 44.3 Å². The lowest BCUT2D eigenvalue weighted by Crippen LogP contribution is -2.37. The van der Waals surface area contributed by atoms with Crippen LogP contribution in [0.2, 0.25) is 0 Å². The summed E-state index contributed by atoms with van der Waals surface area (Å²) in [5.41, 5.74) is 4.59. The fraction of sp³-hybridized carbons (Fsp3) is 0.519. The number of fused-ring (bicyclic) bond motifs is 1. The van der Waals surface area contributed by atoms with Crippen molar-refractivity contribution in [1.82, 2.24) is 24.3 Å². The number of benzene rings is 1. The second kappa shape index (κ2) is 11.2. The molecule has 4 heterocycles. The van der Waals surface area contributed by atoms with Gasteiger partial charge in [0.05, 0.1) is 24.4 Å². The number of rotatable bonds is 7. The van der Waals surface area contributed by atoms with E-state index in [1.807, 2.05) is 24.5 Å². The Kier molecular flexibility index (Phi) is 7.82. The van der Waals surface area contributed by atoms with E-state index in [4.69, 9.17) is 9.72 Å². The molecule has 5 rings (SSSR count). The standard InChI is InChI=1S/C27H35N5O2S/c1-20-16-28-27(35-15-12-30-10-13-34-14-11-30)29-26(20)22-6-5-9-31(17-22)18-23-19-32(21(2)33)25-8-4-3-7-24(23)25/h3-4,7-8,16,19,22H,5-6,9-15,17-18H2,1-2H3/t22-/m1/s1. The Morgan fingerprint density at radius 1 is 1.17 bits per heavy atom. The van der Waals surface area contributed by atoms with E-state index in [-0.39, 0.29) is 5.91 Å². The van der Waals surface area contributed by atoms with Crippen LogP contribution in [0.3, 0.4) is 0 Å². The normalized spacial score (nSPS) is 19.9. The van der Waals surface area contributed by atoms with E-state index in [1.165, 1.54) is 22.2 Å². The van der Waals surface area contributed by atoms with Crippen molar-refractivity contribution in [3.63, 3.8) is 0 Å². The molecule has 1 aromatic carbocycles. The minimum Gasteiger partial charge on any atom is -0.379 e. The summed E-state index contributed by atoms with van der Waals surface area (Å²) in [5.74, 6) is 1.46. The van der Waals surface area contributed by atoms with Crippen molar-refractivity contribution >= 4 is 28.6 Å². The molecule has 35 heavy (non-hydrogen) atoms. The van der Waals surface area contributed by atoms with Gasteiger partial charge in [-0.3, -0.25) is 19.2 Å². The molecule has 7 nitrogen and oxygen atoms in total. The van der Waals surface area contributed by atoms with Crippen LogP contribution < -0.4 is 0 Å². The van der Waals surface area contributed by atoms with E-state index < -0.39 is 0 Å². The lowest BCUT2D eigenvalue weighted by molar-refractivity contribution is 0.0410. The maximum absolute atomic E-state index is 12.2. The molecule has 0 unspecified atom stereocenters. The summed E-state index contributed by atoms with van der Waals surface area (Å²) >= 11 is 1.76. The van der Waals surface area contributed by atoms with E-state index >= 15 is 0 Å². The third kappa shape index (κ3) is 5.77. The summed E-state index contributed by atoms with van der Waals surface area (Å²) in [5, 5.41) is 2.06. The lowest BCUT2D eigenvalue weighted by atomic mass is 9.92. The fourth-order valence-corrected chi connectivity index (χ4v) is 6.13. The van der Waals surface area contributed by atoms with Gasteiger partial charge in [0.25, 0.3) is 0 Å². The first-order chi connectivity index (χ1) is 17.1. The second-order valence-corrected chi connectivity index (χ2v) is 10.7. The molecular weight excluding hydrogens is 458 g/mol. The van der Waals surface area contributed by atoms with Crippen molar-refractivity contribution in [1.29, 1.82) is 0 Å². The van der Waals surface area contributed by atoms with Gasteiger partial charge >= 0.3 is 0 Å². The predicted octanol–water partition coefficient (Wildman–Crippen LogP) is 4.20. The maximum atomic E-state index is 12.2. The molecule has 0 spiro atoms. The largest absolute Gasteiger partial charge is 0.379 e. The Morgan fingerprint density at radius 2 is 2.00 bits per heavy atom. The van der Waals surface area contributed by atoms with E-state index in [9.17, 15) is 4.79 Å². The summed E-state index contributed by atoms with van der Waals surface area (Å²) in [6.45, 7) is 11.4. The number of hydrogen-bond acceptors (Lipinski definition) is 7. The number of hydrogen-bond donors (Lipinski definition) is 0. The molecule has 2 fully saturated rings. The number of aromatic nitrogens is 3. The Labute approximate surface area is 211 Å². The SMILES string of the molecule is CC(=O)n1cc(CN2CCC[C@@H](c3nc(SCCN4CCOCC4)ncc3C)C2)c2ccccc21. The van der Waals surface area contributed by atoms with E-state index in [0.29, 0.717) is 5.92 Å². The van der Waals surface area contributed by atoms with Gasteiger partial charge in [0.1, 0.15) is 0 Å². The number of nitrogens with zero attached hydrogens (tertiary/aromatic N) is 5. The molecule has 2 saturated heterocycles. The van der Waals surface area contributed by atoms with Gasteiger partial charge in [-0.05, 0) is 43.5 Å². The molecule has 0 aliphatic carbocycles. The predicted molar refractivity (Wildman–Crippen MR) is 140 cm³/mol. The average molecular weight is 494 g/mol. The number of carbonyl (C=O) groups excluding carboxylic acids is 1. The van der Waals surface area contributed by atoms with Gasteiger partial charge in [-0.25, -0.2) is 9.97 Å². The summed E-state index contributed by atoms with van der Waals surface area (Å²) < 4.78 is 7.22. The molecule has 2 aliphatic rings. The third-order valence-corrected chi connectivity index (χ3v) is 7.99. The highest BCUT2D eigenvalue weighted by molar-refractivity contribution is 7.99. The third-order valence-electron chi connectivity index (χ3n) is 7.15. The van der Waals surface area contributed by atoms with Crippen LogP contribution in [0.1, 0.15) is 47.3 Å². The zero-order valence-corrected chi connectivity index (χ0v) is 21.6. The number of thioether (sulfide) groups is 1. The summed E-state index contributed by atoms with van der Waals surface area (Å²) in [6, 6.07) is 8.21. The van der Waals surface area contributed by atoms with Crippen molar-refractivity contribution in [3.05, 3.63) is 53.5 Å². The highest BCUT2D eigenvalue weighted by atomic mass is 32.2. The minimum atomic E-state index is 0.0548. The zero-order valence-electron chi connectivity index (χ0n) is 20.8. The topological polar surface area (TPSA) is 63.5 Å². The maximum Gasteiger partial charge on any atom is 0.227 e. The van der Waals surface area contributed by atoms with E-state index in [2.05, 4.69) is 33.8 Å². The quantitative estimate of drug-likeness (QED) is 0.361. The van der Waals surface area contributed by atoms with Gasteiger partial charge in [-0.15, -0.1) is 0 Å². The van der Waals surface area contributed by atoms with Crippen LogP contribution in [0.5, 0.6) is 0 Å². The molecule has 0 saturated carbocycles. The van der Waals surface area contributed by atoms with Crippen molar-refractivity contribution in [2.75, 3.05) is 51.7 Å². The van der Waals surface area contributed by atoms with Crippen LogP contribution in [0.25, 0.3) is 10.9 Å². The molecule has 1 atom stereocenters. The number of morpholine rings is 1. The molecule has 8 heteroatoms. The number of ether oxygens (including phenoxy) is 1. The van der Waals surface area contributed by atoms with Crippen LogP contribution in [-0.4, -0.2) is 81.9 Å². The van der Waals surface area contributed by atoms with Gasteiger partial charge in [-0.1, -0.05) is 30.0 Å². The molecule has 0 radical (unpaired) electrons. The molecule has 186 valence electrons. The number of carbonyl (C=O) groups is 1. The van der Waals surface area contributed by atoms with Crippen molar-refractivity contribution < 1.29 is 9.53 Å². The summed E-state index contributed by atoms with van der Waals surface area (Å²) in [4.78, 5) is 26.8. The van der Waals surface area contributed by atoms with Gasteiger partial charge in [-0.2, -0.15) is 0 Å². The summed E-state index contributed by atoms with van der Waals surface area (Å²) in [6.07, 6.45) is 6.33. The van der Waals surface area contributed by atoms with Crippen LogP contribution in [0.15, 0.2) is 41.8 Å². The first-order valence-electron chi connectivity index (χ1n) is 12.7. The average Bonchev–Trinajstić information content (AvgIpc) is 3.25. The number of likely N-dealkylation sites (tertiary alicyclic amines) is 1. The molecule has 0 amide bonds. The Balaban J connectivity index is 1.25. The van der Waals surface area contributed by atoms with Crippen molar-refractivity contribution in [2.24, 2.45) is 0 Å². The van der Waals surface area contributed by atoms with Crippen molar-refractivity contribution in [3.8, 4) is 0 Å². The van der Waals surface area contributed by atoms with Gasteiger partial charge in [0.2, 0.25) is 5.91 Å². The zero-order chi connectivity index (χ0) is 24.2. The fourth-order valence-electron chi connectivity index (χ4n) is 5.31. The molecule has 3 aromatic rings. The highest BCUT2D eigenvalue weighted by Gasteiger charge is 2.25. The number of para-hydroxylation sites is 1. The van der Waals surface area contributed by atoms with Gasteiger partial charge < -0.3 is 4.74 Å². The molecule has 0 bridgehead atoms. The first-order valence-corrected chi connectivity index (χ1v) is 13.7. The molecular formula is C27H35N5O2S.